The fourth-order valence-electron chi connectivity index (χ4n) is 5.37. The molecule has 6 heteroatoms. The summed E-state index contributed by atoms with van der Waals surface area (Å²) in [6.07, 6.45) is 1.15. The number of ether oxygens (including phenoxy) is 1. The number of azo groups is 1. The molecule has 0 atom stereocenters. The predicted octanol–water partition coefficient (Wildman–Crippen LogP) is 11.1. The maximum absolute atomic E-state index is 12.3. The van der Waals surface area contributed by atoms with Gasteiger partial charge in [0.05, 0.1) is 34.9 Å². The molecule has 0 unspecified atom stereocenters. The van der Waals surface area contributed by atoms with E-state index in [1.54, 1.807) is 6.92 Å². The Hall–Kier alpha value is -3.28. The van der Waals surface area contributed by atoms with Crippen molar-refractivity contribution in [1.82, 2.24) is 0 Å². The summed E-state index contributed by atoms with van der Waals surface area (Å²) in [6.45, 7) is 32.7. The highest BCUT2D eigenvalue weighted by Crippen LogP contribution is 2.40. The van der Waals surface area contributed by atoms with Crippen molar-refractivity contribution in [1.29, 1.82) is 0 Å². The topological polar surface area (TPSA) is 81.7 Å². The molecule has 0 aliphatic heterocycles. The molecule has 0 N–H and O–H groups in total. The van der Waals surface area contributed by atoms with Gasteiger partial charge in [-0.1, -0.05) is 140 Å². The third kappa shape index (κ3) is 10.1. The van der Waals surface area contributed by atoms with E-state index in [1.165, 1.54) is 22.3 Å². The van der Waals surface area contributed by atoms with Crippen LogP contribution < -0.4 is 5.11 Å². The second-order valence-electron chi connectivity index (χ2n) is 15.2. The van der Waals surface area contributed by atoms with Crippen LogP contribution in [0.4, 0.5) is 11.4 Å². The summed E-state index contributed by atoms with van der Waals surface area (Å²) in [7, 11) is 0. The second kappa shape index (κ2) is 15.8. The highest BCUT2D eigenvalue weighted by molar-refractivity contribution is 6.16. The van der Waals surface area contributed by atoms with Crippen molar-refractivity contribution in [2.75, 3.05) is 6.61 Å². The van der Waals surface area contributed by atoms with Crippen LogP contribution in [0.15, 0.2) is 68.8 Å². The van der Waals surface area contributed by atoms with Gasteiger partial charge in [-0.3, -0.25) is 9.98 Å². The van der Waals surface area contributed by atoms with E-state index in [1.807, 2.05) is 0 Å². The van der Waals surface area contributed by atoms with E-state index in [4.69, 9.17) is 19.8 Å². The molecular formula is C39H59N4O2-. The van der Waals surface area contributed by atoms with Gasteiger partial charge in [-0.2, -0.15) is 10.2 Å². The molecule has 0 aliphatic rings. The van der Waals surface area contributed by atoms with Crippen molar-refractivity contribution in [2.24, 2.45) is 31.0 Å². The Labute approximate surface area is 274 Å². The highest BCUT2D eigenvalue weighted by Gasteiger charge is 2.37. The standard InChI is InChI=1S/C39H60N4O2/c1-16-45-32(44)23-40-43-35(36(38(10,11)12)41-33-28(24(2)3)19-17-20-29(33)25(4)5)37(39(13,14)15)42-34-30(26(6)7)21-18-22-31(34)27(8)9/h17-27,35,44H,16H2,1-15H3/p-1/b32-23+,41-36?,42-37?,43-40?. The van der Waals surface area contributed by atoms with Crippen molar-refractivity contribution >= 4 is 22.8 Å². The molecule has 0 bridgehead atoms. The third-order valence-electron chi connectivity index (χ3n) is 7.84. The Bertz CT molecular complexity index is 1250. The molecule has 248 valence electrons. The van der Waals surface area contributed by atoms with Crippen molar-refractivity contribution in [2.45, 2.75) is 134 Å². The lowest BCUT2D eigenvalue weighted by atomic mass is 9.77. The van der Waals surface area contributed by atoms with E-state index in [9.17, 15) is 5.11 Å². The Balaban J connectivity index is 3.17. The van der Waals surface area contributed by atoms with Crippen LogP contribution >= 0.6 is 0 Å². The van der Waals surface area contributed by atoms with Crippen molar-refractivity contribution in [3.63, 3.8) is 0 Å². The average Bonchev–Trinajstić information content (AvgIpc) is 2.91. The summed E-state index contributed by atoms with van der Waals surface area (Å²) in [5.74, 6) is 0.598. The van der Waals surface area contributed by atoms with Gasteiger partial charge in [-0.05, 0) is 52.5 Å². The first-order chi connectivity index (χ1) is 20.8. The fraction of sp³-hybridized carbons (Fsp3) is 0.590. The molecule has 2 aromatic rings. The van der Waals surface area contributed by atoms with E-state index in [-0.39, 0.29) is 30.3 Å². The van der Waals surface area contributed by atoms with Crippen molar-refractivity contribution < 1.29 is 9.84 Å². The number of aliphatic imine (C=N–C) groups is 2. The maximum Gasteiger partial charge on any atom is 0.148 e. The van der Waals surface area contributed by atoms with Gasteiger partial charge < -0.3 is 9.84 Å². The van der Waals surface area contributed by atoms with E-state index in [0.717, 1.165) is 29.0 Å². The largest absolute Gasteiger partial charge is 0.612 e. The molecule has 2 aromatic carbocycles. The summed E-state index contributed by atoms with van der Waals surface area (Å²) in [4.78, 5) is 11.1. The minimum atomic E-state index is -0.629. The smallest absolute Gasteiger partial charge is 0.148 e. The van der Waals surface area contributed by atoms with Gasteiger partial charge in [0, 0.05) is 10.8 Å². The number of rotatable bonds is 12. The van der Waals surface area contributed by atoms with Crippen LogP contribution in [0.1, 0.15) is 150 Å². The molecule has 0 fully saturated rings. The molecule has 0 aromatic heterocycles. The first-order valence-corrected chi connectivity index (χ1v) is 16.6. The minimum Gasteiger partial charge on any atom is -0.612 e. The summed E-state index contributed by atoms with van der Waals surface area (Å²) in [5.41, 5.74) is 7.63. The molecule has 0 saturated heterocycles. The molecule has 0 aliphatic carbocycles. The molecule has 2 rings (SSSR count). The fourth-order valence-corrected chi connectivity index (χ4v) is 5.37. The van der Waals surface area contributed by atoms with Gasteiger partial charge in [-0.15, -0.1) is 0 Å². The molecule has 0 amide bonds. The zero-order chi connectivity index (χ0) is 34.3. The van der Waals surface area contributed by atoms with E-state index in [0.29, 0.717) is 0 Å². The van der Waals surface area contributed by atoms with Gasteiger partial charge >= 0.3 is 0 Å². The lowest BCUT2D eigenvalue weighted by Crippen LogP contribution is -2.42. The monoisotopic (exact) mass is 615 g/mol. The molecule has 0 heterocycles. The summed E-state index contributed by atoms with van der Waals surface area (Å²) in [6, 6.07) is 12.3. The Morgan fingerprint density at radius 2 is 1.00 bits per heavy atom. The minimum absolute atomic E-state index is 0.269. The first-order valence-electron chi connectivity index (χ1n) is 16.6. The van der Waals surface area contributed by atoms with Crippen LogP contribution in [0.2, 0.25) is 0 Å². The van der Waals surface area contributed by atoms with E-state index < -0.39 is 22.8 Å². The van der Waals surface area contributed by atoms with Crippen LogP contribution in [0.3, 0.4) is 0 Å². The molecule has 6 nitrogen and oxygen atoms in total. The zero-order valence-corrected chi connectivity index (χ0v) is 30.7. The van der Waals surface area contributed by atoms with Crippen LogP contribution in [-0.2, 0) is 4.74 Å². The van der Waals surface area contributed by atoms with Gasteiger partial charge in [0.1, 0.15) is 6.04 Å². The Kier molecular flexibility index (Phi) is 13.3. The predicted molar refractivity (Wildman–Crippen MR) is 191 cm³/mol. The van der Waals surface area contributed by atoms with Crippen LogP contribution in [-0.4, -0.2) is 24.1 Å². The van der Waals surface area contributed by atoms with Crippen molar-refractivity contribution in [3.8, 4) is 0 Å². The number of hydrogen-bond acceptors (Lipinski definition) is 6. The van der Waals surface area contributed by atoms with Crippen LogP contribution in [0.25, 0.3) is 0 Å². The molecule has 0 spiro atoms. The third-order valence-corrected chi connectivity index (χ3v) is 7.84. The van der Waals surface area contributed by atoms with Gasteiger partial charge in [0.15, 0.2) is 0 Å². The second-order valence-corrected chi connectivity index (χ2v) is 15.2. The zero-order valence-electron chi connectivity index (χ0n) is 30.7. The molecule has 0 radical (unpaired) electrons. The summed E-state index contributed by atoms with van der Waals surface area (Å²) >= 11 is 0. The summed E-state index contributed by atoms with van der Waals surface area (Å²) < 4.78 is 5.13. The molecule has 45 heavy (non-hydrogen) atoms. The van der Waals surface area contributed by atoms with Crippen LogP contribution in [0.5, 0.6) is 0 Å². The molecular weight excluding hydrogens is 556 g/mol. The highest BCUT2D eigenvalue weighted by atomic mass is 16.6. The quantitative estimate of drug-likeness (QED) is 0.135. The first kappa shape index (κ1) is 37.9. The normalized spacial score (nSPS) is 14.9. The number of para-hydroxylation sites is 2. The van der Waals surface area contributed by atoms with E-state index >= 15 is 0 Å². The lowest BCUT2D eigenvalue weighted by molar-refractivity contribution is -0.357. The number of hydrogen-bond donors (Lipinski definition) is 0. The summed E-state index contributed by atoms with van der Waals surface area (Å²) in [5, 5.41) is 21.5. The maximum atomic E-state index is 12.3. The van der Waals surface area contributed by atoms with Gasteiger partial charge in [0.2, 0.25) is 0 Å². The Morgan fingerprint density at radius 3 is 1.27 bits per heavy atom. The number of benzene rings is 2. The van der Waals surface area contributed by atoms with Gasteiger partial charge in [-0.25, -0.2) is 0 Å². The Morgan fingerprint density at radius 1 is 0.667 bits per heavy atom. The average molecular weight is 616 g/mol. The molecule has 0 saturated carbocycles. The van der Waals surface area contributed by atoms with Crippen LogP contribution in [0, 0.1) is 10.8 Å². The lowest BCUT2D eigenvalue weighted by Gasteiger charge is -2.33. The van der Waals surface area contributed by atoms with Gasteiger partial charge in [0.25, 0.3) is 0 Å². The van der Waals surface area contributed by atoms with Crippen molar-refractivity contribution in [3.05, 3.63) is 70.8 Å². The van der Waals surface area contributed by atoms with E-state index in [2.05, 4.69) is 138 Å². The number of nitrogens with zero attached hydrogens (tertiary/aromatic N) is 4. The SMILES string of the molecule is CCO/C([O-])=C/N=NC(C(=Nc1c(C(C)C)cccc1C(C)C)C(C)(C)C)C(=Nc1c(C(C)C)cccc1C(C)C)C(C)(C)C.